The van der Waals surface area contributed by atoms with Crippen molar-refractivity contribution < 1.29 is 23.0 Å². The zero-order valence-corrected chi connectivity index (χ0v) is 15.0. The molecule has 0 bridgehead atoms. The number of alkyl halides is 2. The number of hydrogen-bond acceptors (Lipinski definition) is 4. The molecule has 0 amide bonds. The van der Waals surface area contributed by atoms with Gasteiger partial charge in [-0.25, -0.2) is 4.79 Å². The summed E-state index contributed by atoms with van der Waals surface area (Å²) in [5.41, 5.74) is 1.34. The predicted octanol–water partition coefficient (Wildman–Crippen LogP) is 3.38. The highest BCUT2D eigenvalue weighted by molar-refractivity contribution is 7.80. The van der Waals surface area contributed by atoms with E-state index in [1.165, 1.54) is 6.07 Å². The van der Waals surface area contributed by atoms with E-state index in [1.54, 1.807) is 36.9 Å². The maximum atomic E-state index is 12.7. The topological polar surface area (TPSA) is 50.8 Å². The zero-order chi connectivity index (χ0) is 18.6. The molecule has 0 radical (unpaired) electrons. The van der Waals surface area contributed by atoms with Crippen molar-refractivity contribution in [2.45, 2.75) is 33.4 Å². The van der Waals surface area contributed by atoms with Crippen LogP contribution >= 0.6 is 12.2 Å². The van der Waals surface area contributed by atoms with Gasteiger partial charge in [0.2, 0.25) is 0 Å². The summed E-state index contributed by atoms with van der Waals surface area (Å²) >= 11 is 5.36. The van der Waals surface area contributed by atoms with E-state index in [0.717, 1.165) is 0 Å². The predicted molar refractivity (Wildman–Crippen MR) is 93.3 cm³/mol. The Morgan fingerprint density at radius 2 is 2.04 bits per heavy atom. The lowest BCUT2D eigenvalue weighted by Gasteiger charge is -2.37. The number of para-hydroxylation sites is 1. The summed E-state index contributed by atoms with van der Waals surface area (Å²) < 4.78 is 35.2. The molecule has 1 atom stereocenters. The second kappa shape index (κ2) is 8.24. The molecule has 0 saturated heterocycles. The number of halogens is 2. The minimum absolute atomic E-state index is 0.0163. The number of allylic oxidation sites excluding steroid dienone is 1. The fourth-order valence-corrected chi connectivity index (χ4v) is 3.17. The van der Waals surface area contributed by atoms with Gasteiger partial charge >= 0.3 is 12.6 Å². The lowest BCUT2D eigenvalue weighted by atomic mass is 9.94. The van der Waals surface area contributed by atoms with Crippen molar-refractivity contribution in [3.63, 3.8) is 0 Å². The Bertz CT molecular complexity index is 694. The number of carbonyl (C=O) groups excluding carboxylic acids is 1. The first-order valence-corrected chi connectivity index (χ1v) is 8.31. The second-order valence-corrected chi connectivity index (χ2v) is 5.65. The van der Waals surface area contributed by atoms with Gasteiger partial charge in [0.15, 0.2) is 5.11 Å². The molecule has 136 valence electrons. The Hall–Kier alpha value is -2.22. The van der Waals surface area contributed by atoms with Crippen molar-refractivity contribution in [3.8, 4) is 5.75 Å². The highest BCUT2D eigenvalue weighted by Gasteiger charge is 2.35. The van der Waals surface area contributed by atoms with Crippen LogP contribution in [0.5, 0.6) is 5.75 Å². The summed E-state index contributed by atoms with van der Waals surface area (Å²) in [5, 5.41) is 3.45. The van der Waals surface area contributed by atoms with Crippen LogP contribution in [0, 0.1) is 0 Å². The van der Waals surface area contributed by atoms with Gasteiger partial charge in [-0.05, 0) is 39.1 Å². The highest BCUT2D eigenvalue weighted by atomic mass is 32.1. The average molecular weight is 370 g/mol. The number of hydrogen-bond donors (Lipinski definition) is 1. The number of esters is 1. The number of nitrogens with one attached hydrogen (secondary N) is 1. The first kappa shape index (κ1) is 19.1. The first-order valence-electron chi connectivity index (χ1n) is 7.90. The molecule has 0 saturated carbocycles. The SMILES string of the molecule is CCOC(=O)C1=C(C)N(CC)C(=S)N[C@@H]1c1ccccc1OC(F)F. The molecule has 1 aliphatic rings. The first-order chi connectivity index (χ1) is 11.9. The van der Waals surface area contributed by atoms with E-state index in [2.05, 4.69) is 10.1 Å². The van der Waals surface area contributed by atoms with E-state index in [1.807, 2.05) is 6.92 Å². The van der Waals surface area contributed by atoms with E-state index in [-0.39, 0.29) is 12.4 Å². The van der Waals surface area contributed by atoms with Crippen LogP contribution in [0.1, 0.15) is 32.4 Å². The molecule has 5 nitrogen and oxygen atoms in total. The van der Waals surface area contributed by atoms with Crippen LogP contribution in [0.4, 0.5) is 8.78 Å². The number of benzene rings is 1. The van der Waals surface area contributed by atoms with Crippen LogP contribution in [0.25, 0.3) is 0 Å². The van der Waals surface area contributed by atoms with Gasteiger partial charge in [-0.2, -0.15) is 8.78 Å². The van der Waals surface area contributed by atoms with Crippen molar-refractivity contribution in [3.05, 3.63) is 41.1 Å². The van der Waals surface area contributed by atoms with Crippen molar-refractivity contribution in [2.24, 2.45) is 0 Å². The molecule has 0 spiro atoms. The third-order valence-electron chi connectivity index (χ3n) is 3.85. The molecule has 8 heteroatoms. The van der Waals surface area contributed by atoms with Crippen LogP contribution in [0.15, 0.2) is 35.5 Å². The average Bonchev–Trinajstić information content (AvgIpc) is 2.54. The molecule has 1 aromatic rings. The normalized spacial score (nSPS) is 17.6. The van der Waals surface area contributed by atoms with Gasteiger partial charge in [-0.3, -0.25) is 0 Å². The van der Waals surface area contributed by atoms with E-state index in [4.69, 9.17) is 17.0 Å². The minimum Gasteiger partial charge on any atom is -0.463 e. The number of carbonyl (C=O) groups is 1. The van der Waals surface area contributed by atoms with Gasteiger partial charge in [-0.1, -0.05) is 18.2 Å². The Balaban J connectivity index is 2.56. The molecule has 0 aromatic heterocycles. The molecular formula is C17H20F2N2O3S. The number of ether oxygens (including phenoxy) is 2. The van der Waals surface area contributed by atoms with E-state index in [0.29, 0.717) is 28.5 Å². The Morgan fingerprint density at radius 1 is 1.36 bits per heavy atom. The molecule has 0 aliphatic carbocycles. The van der Waals surface area contributed by atoms with Gasteiger partial charge in [0.25, 0.3) is 0 Å². The second-order valence-electron chi connectivity index (χ2n) is 5.26. The number of thiocarbonyl (C=S) groups is 1. The van der Waals surface area contributed by atoms with Crippen LogP contribution in [0.3, 0.4) is 0 Å². The van der Waals surface area contributed by atoms with E-state index >= 15 is 0 Å². The fourth-order valence-electron chi connectivity index (χ4n) is 2.79. The van der Waals surface area contributed by atoms with Gasteiger partial charge in [-0.15, -0.1) is 0 Å². The molecule has 2 rings (SSSR count). The summed E-state index contributed by atoms with van der Waals surface area (Å²) in [5.74, 6) is -0.539. The van der Waals surface area contributed by atoms with E-state index < -0.39 is 18.6 Å². The third-order valence-corrected chi connectivity index (χ3v) is 4.19. The summed E-state index contributed by atoms with van der Waals surface area (Å²) in [4.78, 5) is 14.3. The lowest BCUT2D eigenvalue weighted by Crippen LogP contribution is -2.47. The Morgan fingerprint density at radius 3 is 2.64 bits per heavy atom. The largest absolute Gasteiger partial charge is 0.463 e. The molecule has 1 aromatic carbocycles. The third kappa shape index (κ3) is 4.07. The van der Waals surface area contributed by atoms with Crippen LogP contribution in [0.2, 0.25) is 0 Å². The smallest absolute Gasteiger partial charge is 0.387 e. The maximum absolute atomic E-state index is 12.7. The van der Waals surface area contributed by atoms with Crippen molar-refractivity contribution in [2.75, 3.05) is 13.2 Å². The Kier molecular flexibility index (Phi) is 6.30. The molecule has 1 heterocycles. The molecular weight excluding hydrogens is 350 g/mol. The molecule has 0 fully saturated rings. The van der Waals surface area contributed by atoms with E-state index in [9.17, 15) is 13.6 Å². The minimum atomic E-state index is -2.97. The van der Waals surface area contributed by atoms with Gasteiger partial charge in [0.1, 0.15) is 5.75 Å². The van der Waals surface area contributed by atoms with Crippen molar-refractivity contribution >= 4 is 23.3 Å². The molecule has 25 heavy (non-hydrogen) atoms. The summed E-state index contributed by atoms with van der Waals surface area (Å²) in [6.07, 6.45) is 0. The summed E-state index contributed by atoms with van der Waals surface area (Å²) in [7, 11) is 0. The van der Waals surface area contributed by atoms with Gasteiger partial charge < -0.3 is 19.7 Å². The number of rotatable bonds is 6. The molecule has 0 unspecified atom stereocenters. The highest BCUT2D eigenvalue weighted by Crippen LogP contribution is 2.36. The lowest BCUT2D eigenvalue weighted by molar-refractivity contribution is -0.139. The zero-order valence-electron chi connectivity index (χ0n) is 14.2. The number of nitrogens with zero attached hydrogens (tertiary/aromatic N) is 1. The quantitative estimate of drug-likeness (QED) is 0.612. The fraction of sp³-hybridized carbons (Fsp3) is 0.412. The van der Waals surface area contributed by atoms with Crippen molar-refractivity contribution in [1.82, 2.24) is 10.2 Å². The monoisotopic (exact) mass is 370 g/mol. The molecule has 1 aliphatic heterocycles. The van der Waals surface area contributed by atoms with Crippen LogP contribution in [-0.2, 0) is 9.53 Å². The molecule has 1 N–H and O–H groups in total. The summed E-state index contributed by atoms with van der Waals surface area (Å²) in [6, 6.07) is 5.58. The van der Waals surface area contributed by atoms with Gasteiger partial charge in [0.05, 0.1) is 18.2 Å². The van der Waals surface area contributed by atoms with Crippen LogP contribution in [-0.4, -0.2) is 35.7 Å². The Labute approximate surface area is 150 Å². The van der Waals surface area contributed by atoms with Crippen molar-refractivity contribution in [1.29, 1.82) is 0 Å². The van der Waals surface area contributed by atoms with Gasteiger partial charge in [0, 0.05) is 17.8 Å². The summed E-state index contributed by atoms with van der Waals surface area (Å²) in [6.45, 7) is 3.15. The van der Waals surface area contributed by atoms with Crippen LogP contribution < -0.4 is 10.1 Å². The standard InChI is InChI=1S/C17H20F2N2O3S/c1-4-21-10(3)13(15(22)23-5-2)14(20-17(21)25)11-8-6-7-9-12(11)24-16(18)19/h6-9,14,16H,4-5H2,1-3H3,(H,20,25)/t14-/m1/s1. The maximum Gasteiger partial charge on any atom is 0.387 e.